The van der Waals surface area contributed by atoms with Crippen LogP contribution < -0.4 is 0 Å². The van der Waals surface area contributed by atoms with Crippen LogP contribution in [-0.2, 0) is 0 Å². The Morgan fingerprint density at radius 3 is 1.70 bits per heavy atom. The van der Waals surface area contributed by atoms with Gasteiger partial charge in [-0.3, -0.25) is 0 Å². The third kappa shape index (κ3) is 1.28. The van der Waals surface area contributed by atoms with E-state index in [0.717, 1.165) is 16.7 Å². The lowest BCUT2D eigenvalue weighted by atomic mass is 10.1. The average Bonchev–Trinajstić information content (AvgIpc) is 1.95. The normalized spacial score (nSPS) is 45.9. The first-order valence-electron chi connectivity index (χ1n) is 4.13. The fourth-order valence-electron chi connectivity index (χ4n) is 1.73. The molecule has 1 aliphatic rings. The first-order valence-corrected chi connectivity index (χ1v) is 8.81. The molecule has 0 radical (unpaired) electrons. The number of rotatable bonds is 0. The van der Waals surface area contributed by atoms with E-state index < -0.39 is 7.22 Å². The Hall–Kier alpha value is 0.567. The molecule has 1 heterocycles. The van der Waals surface area contributed by atoms with Crippen LogP contribution >= 0.6 is 11.2 Å². The van der Waals surface area contributed by atoms with Crippen molar-refractivity contribution in [2.45, 2.75) is 44.7 Å². The van der Waals surface area contributed by atoms with E-state index in [2.05, 4.69) is 45.1 Å². The van der Waals surface area contributed by atoms with E-state index >= 15 is 0 Å². The largest absolute Gasteiger partial charge is 0.182 e. The van der Waals surface area contributed by atoms with Crippen molar-refractivity contribution >= 4 is 18.4 Å². The molecule has 2 heteroatoms. The highest BCUT2D eigenvalue weighted by atomic mass is 32.4. The zero-order valence-electron chi connectivity index (χ0n) is 7.64. The van der Waals surface area contributed by atoms with Crippen molar-refractivity contribution in [1.82, 2.24) is 0 Å². The standard InChI is InChI=1S/C8H18SSi/c1-6-7(2)9-10(4,5)8(6)3/h6-8H,1-5H3. The number of hydrogen-bond donors (Lipinski definition) is 0. The Morgan fingerprint density at radius 2 is 1.60 bits per heavy atom. The molecule has 0 spiro atoms. The molecule has 10 heavy (non-hydrogen) atoms. The molecule has 1 aliphatic heterocycles. The van der Waals surface area contributed by atoms with Crippen molar-refractivity contribution in [2.24, 2.45) is 5.92 Å². The Kier molecular flexibility index (Phi) is 2.22. The average molecular weight is 174 g/mol. The summed E-state index contributed by atoms with van der Waals surface area (Å²) in [6.45, 7) is 12.2. The Morgan fingerprint density at radius 1 is 1.10 bits per heavy atom. The van der Waals surface area contributed by atoms with Crippen LogP contribution in [0, 0.1) is 5.92 Å². The van der Waals surface area contributed by atoms with Crippen LogP contribution in [0.5, 0.6) is 0 Å². The van der Waals surface area contributed by atoms with Crippen molar-refractivity contribution < 1.29 is 0 Å². The second kappa shape index (κ2) is 2.56. The molecule has 1 rings (SSSR count). The molecule has 3 unspecified atom stereocenters. The first-order chi connectivity index (χ1) is 4.45. The molecule has 0 bridgehead atoms. The van der Waals surface area contributed by atoms with Gasteiger partial charge in [0.25, 0.3) is 0 Å². The first kappa shape index (κ1) is 8.66. The molecular weight excluding hydrogens is 156 g/mol. The van der Waals surface area contributed by atoms with Gasteiger partial charge in [0.2, 0.25) is 0 Å². The van der Waals surface area contributed by atoms with E-state index in [1.807, 2.05) is 0 Å². The second-order valence-electron chi connectivity index (χ2n) is 4.07. The Balaban J connectivity index is 2.71. The van der Waals surface area contributed by atoms with Crippen LogP contribution in [0.3, 0.4) is 0 Å². The molecule has 1 saturated heterocycles. The van der Waals surface area contributed by atoms with Crippen LogP contribution in [0.1, 0.15) is 20.8 Å². The summed E-state index contributed by atoms with van der Waals surface area (Å²) in [5.74, 6) is 0.951. The highest BCUT2D eigenvalue weighted by Gasteiger charge is 2.43. The molecule has 0 saturated carbocycles. The SMILES string of the molecule is CC1S[Si](C)(C)C(C)C1C. The zero-order valence-corrected chi connectivity index (χ0v) is 9.46. The topological polar surface area (TPSA) is 0 Å². The summed E-state index contributed by atoms with van der Waals surface area (Å²) in [7, 11) is -0.853. The van der Waals surface area contributed by atoms with Crippen LogP contribution in [0.4, 0.5) is 0 Å². The fourth-order valence-corrected chi connectivity index (χ4v) is 9.86. The molecule has 60 valence electrons. The van der Waals surface area contributed by atoms with Crippen molar-refractivity contribution in [2.75, 3.05) is 0 Å². The van der Waals surface area contributed by atoms with Crippen molar-refractivity contribution in [1.29, 1.82) is 0 Å². The molecule has 0 aromatic rings. The Bertz CT molecular complexity index is 133. The lowest BCUT2D eigenvalue weighted by Gasteiger charge is -2.21. The maximum Gasteiger partial charge on any atom is 0.114 e. The Labute approximate surface area is 69.4 Å². The molecule has 1 fully saturated rings. The summed E-state index contributed by atoms with van der Waals surface area (Å²) >= 11 is 2.28. The fraction of sp³-hybridized carbons (Fsp3) is 1.00. The maximum atomic E-state index is 2.50. The van der Waals surface area contributed by atoms with Crippen LogP contribution in [0.15, 0.2) is 0 Å². The van der Waals surface area contributed by atoms with Gasteiger partial charge in [-0.15, -0.1) is 0 Å². The van der Waals surface area contributed by atoms with Gasteiger partial charge in [0, 0.05) is 0 Å². The summed E-state index contributed by atoms with van der Waals surface area (Å²) in [4.78, 5) is 0. The molecule has 3 atom stereocenters. The van der Waals surface area contributed by atoms with Crippen molar-refractivity contribution in [3.05, 3.63) is 0 Å². The van der Waals surface area contributed by atoms with E-state index in [-0.39, 0.29) is 0 Å². The number of hydrogen-bond acceptors (Lipinski definition) is 1. The highest BCUT2D eigenvalue weighted by molar-refractivity contribution is 8.29. The maximum absolute atomic E-state index is 2.50. The smallest absolute Gasteiger partial charge is 0.114 e. The minimum absolute atomic E-state index is 0.853. The van der Waals surface area contributed by atoms with Gasteiger partial charge in [-0.25, -0.2) is 0 Å². The predicted molar refractivity (Wildman–Crippen MR) is 53.1 cm³/mol. The molecule has 0 aromatic heterocycles. The lowest BCUT2D eigenvalue weighted by Crippen LogP contribution is -2.23. The lowest BCUT2D eigenvalue weighted by molar-refractivity contribution is 0.561. The van der Waals surface area contributed by atoms with E-state index in [4.69, 9.17) is 0 Å². The van der Waals surface area contributed by atoms with Gasteiger partial charge in [0.1, 0.15) is 7.22 Å². The quantitative estimate of drug-likeness (QED) is 0.508. The summed E-state index contributed by atoms with van der Waals surface area (Å²) in [6, 6.07) is 0. The zero-order chi connectivity index (χ0) is 7.94. The summed E-state index contributed by atoms with van der Waals surface area (Å²) in [6.07, 6.45) is 0. The predicted octanol–water partition coefficient (Wildman–Crippen LogP) is 3.35. The van der Waals surface area contributed by atoms with Gasteiger partial charge >= 0.3 is 0 Å². The summed E-state index contributed by atoms with van der Waals surface area (Å²) in [5.41, 5.74) is 1.01. The van der Waals surface area contributed by atoms with Gasteiger partial charge in [0.15, 0.2) is 0 Å². The highest BCUT2D eigenvalue weighted by Crippen LogP contribution is 2.50. The third-order valence-corrected chi connectivity index (χ3v) is 11.3. The molecule has 0 N–H and O–H groups in total. The van der Waals surface area contributed by atoms with Gasteiger partial charge < -0.3 is 0 Å². The molecule has 0 aromatic carbocycles. The van der Waals surface area contributed by atoms with E-state index in [9.17, 15) is 0 Å². The van der Waals surface area contributed by atoms with E-state index in [0.29, 0.717) is 0 Å². The minimum atomic E-state index is -0.853. The van der Waals surface area contributed by atoms with Crippen LogP contribution in [0.2, 0.25) is 18.6 Å². The summed E-state index contributed by atoms with van der Waals surface area (Å²) in [5, 5.41) is 0.914. The summed E-state index contributed by atoms with van der Waals surface area (Å²) < 4.78 is 0. The van der Waals surface area contributed by atoms with Gasteiger partial charge in [-0.2, -0.15) is 11.2 Å². The van der Waals surface area contributed by atoms with Crippen molar-refractivity contribution in [3.8, 4) is 0 Å². The molecule has 0 amide bonds. The second-order valence-corrected chi connectivity index (χ2v) is 13.0. The van der Waals surface area contributed by atoms with Crippen LogP contribution in [-0.4, -0.2) is 12.5 Å². The molecular formula is C8H18SSi. The van der Waals surface area contributed by atoms with E-state index in [1.54, 1.807) is 0 Å². The monoisotopic (exact) mass is 174 g/mol. The van der Waals surface area contributed by atoms with Gasteiger partial charge in [0.05, 0.1) is 0 Å². The molecule has 0 aliphatic carbocycles. The van der Waals surface area contributed by atoms with Gasteiger partial charge in [-0.1, -0.05) is 33.9 Å². The van der Waals surface area contributed by atoms with Crippen LogP contribution in [0.25, 0.3) is 0 Å². The third-order valence-electron chi connectivity index (χ3n) is 3.12. The minimum Gasteiger partial charge on any atom is -0.182 e. The molecule has 0 nitrogen and oxygen atoms in total. The van der Waals surface area contributed by atoms with E-state index in [1.165, 1.54) is 0 Å². The van der Waals surface area contributed by atoms with Gasteiger partial charge in [-0.05, 0) is 16.7 Å². The van der Waals surface area contributed by atoms with Crippen molar-refractivity contribution in [3.63, 3.8) is 0 Å².